The van der Waals surface area contributed by atoms with Crippen LogP contribution in [0.3, 0.4) is 0 Å². The van der Waals surface area contributed by atoms with Crippen molar-refractivity contribution in [3.63, 3.8) is 0 Å². The highest BCUT2D eigenvalue weighted by molar-refractivity contribution is 5.96. The van der Waals surface area contributed by atoms with E-state index >= 15 is 0 Å². The Morgan fingerprint density at radius 3 is 2.37 bits per heavy atom. The molecule has 0 aliphatic heterocycles. The van der Waals surface area contributed by atoms with Crippen molar-refractivity contribution in [1.82, 2.24) is 15.5 Å². The van der Waals surface area contributed by atoms with E-state index in [0.29, 0.717) is 10.5 Å². The van der Waals surface area contributed by atoms with Gasteiger partial charge in [0.15, 0.2) is 6.04 Å². The summed E-state index contributed by atoms with van der Waals surface area (Å²) in [4.78, 5) is 62.4. The van der Waals surface area contributed by atoms with Crippen LogP contribution in [0, 0.1) is 19.4 Å². The number of amides is 4. The predicted octanol–water partition coefficient (Wildman–Crippen LogP) is 0.219. The van der Waals surface area contributed by atoms with E-state index in [4.69, 9.17) is 16.9 Å². The number of rotatable bonds is 9. The standard InChI is InChI=1S/C23H30N4O8/c1-7-27(21(32)15(11-16(24)28)26-22(33)35-23(3,4)5)18(20(31)25-12-17(29)34-6)14-10-8-9-13(2)19(14)30/h1,8-10,15,18,30H,11-12H2,2-6H3,(H2,24,28)(H,25,31)(H,26,33). The minimum absolute atomic E-state index is 0.0613. The molecule has 0 bridgehead atoms. The number of hydrogen-bond acceptors (Lipinski definition) is 8. The number of primary amides is 1. The van der Waals surface area contributed by atoms with E-state index in [1.54, 1.807) is 33.8 Å². The highest BCUT2D eigenvalue weighted by Crippen LogP contribution is 2.32. The van der Waals surface area contributed by atoms with Crippen molar-refractivity contribution < 1.29 is 38.6 Å². The van der Waals surface area contributed by atoms with Crippen LogP contribution in [0.5, 0.6) is 5.75 Å². The topological polar surface area (TPSA) is 177 Å². The first kappa shape index (κ1) is 28.8. The first-order valence-corrected chi connectivity index (χ1v) is 10.4. The molecular weight excluding hydrogens is 460 g/mol. The fourth-order valence-corrected chi connectivity index (χ4v) is 2.91. The SMILES string of the molecule is C#CN(C(=O)C(CC(N)=O)NC(=O)OC(C)(C)C)C(C(=O)NCC(=O)OC)c1cccc(C)c1O. The summed E-state index contributed by atoms with van der Waals surface area (Å²) in [5.74, 6) is -4.04. The molecule has 35 heavy (non-hydrogen) atoms. The van der Waals surface area contributed by atoms with Gasteiger partial charge in [-0.05, 0) is 33.3 Å². The maximum Gasteiger partial charge on any atom is 0.408 e. The Morgan fingerprint density at radius 2 is 1.86 bits per heavy atom. The number of esters is 1. The summed E-state index contributed by atoms with van der Waals surface area (Å²) in [6, 6.07) is 3.25. The van der Waals surface area contributed by atoms with Gasteiger partial charge in [-0.25, -0.2) is 4.79 Å². The number of carbonyl (C=O) groups excluding carboxylic acids is 5. The third kappa shape index (κ3) is 8.54. The van der Waals surface area contributed by atoms with Crippen molar-refractivity contribution in [3.05, 3.63) is 29.3 Å². The fourth-order valence-electron chi connectivity index (χ4n) is 2.91. The molecule has 0 saturated carbocycles. The lowest BCUT2D eigenvalue weighted by molar-refractivity contribution is -0.143. The quantitative estimate of drug-likeness (QED) is 0.216. The van der Waals surface area contributed by atoms with Crippen molar-refractivity contribution >= 4 is 29.8 Å². The Kier molecular flexibility index (Phi) is 10.1. The first-order chi connectivity index (χ1) is 16.2. The normalized spacial score (nSPS) is 12.3. The van der Waals surface area contributed by atoms with Gasteiger partial charge in [0.05, 0.1) is 13.5 Å². The van der Waals surface area contributed by atoms with Gasteiger partial charge < -0.3 is 30.9 Å². The number of ether oxygens (including phenoxy) is 2. The maximum absolute atomic E-state index is 13.4. The number of aryl methyl sites for hydroxylation is 1. The lowest BCUT2D eigenvalue weighted by Crippen LogP contribution is -2.52. The number of nitrogens with zero attached hydrogens (tertiary/aromatic N) is 1. The molecule has 2 unspecified atom stereocenters. The summed E-state index contributed by atoms with van der Waals surface area (Å²) < 4.78 is 9.61. The number of para-hydroxylation sites is 1. The van der Waals surface area contributed by atoms with Gasteiger partial charge in [-0.1, -0.05) is 24.6 Å². The summed E-state index contributed by atoms with van der Waals surface area (Å²) in [6.45, 7) is 5.78. The number of phenols is 1. The van der Waals surface area contributed by atoms with Crippen LogP contribution in [0.1, 0.15) is 44.4 Å². The highest BCUT2D eigenvalue weighted by atomic mass is 16.6. The zero-order valence-electron chi connectivity index (χ0n) is 20.2. The van der Waals surface area contributed by atoms with Gasteiger partial charge in [0.25, 0.3) is 5.91 Å². The van der Waals surface area contributed by atoms with Crippen molar-refractivity contribution in [1.29, 1.82) is 0 Å². The van der Waals surface area contributed by atoms with Gasteiger partial charge in [-0.2, -0.15) is 0 Å². The minimum Gasteiger partial charge on any atom is -0.507 e. The monoisotopic (exact) mass is 490 g/mol. The predicted molar refractivity (Wildman–Crippen MR) is 123 cm³/mol. The molecule has 5 N–H and O–H groups in total. The molecule has 0 aliphatic carbocycles. The Hall–Kier alpha value is -4.27. The number of hydrogen-bond donors (Lipinski definition) is 4. The van der Waals surface area contributed by atoms with Crippen molar-refractivity contribution in [3.8, 4) is 18.2 Å². The second-order valence-corrected chi connectivity index (χ2v) is 8.42. The second kappa shape index (κ2) is 12.3. The van der Waals surface area contributed by atoms with Crippen molar-refractivity contribution in [2.45, 2.75) is 51.8 Å². The van der Waals surface area contributed by atoms with Crippen molar-refractivity contribution in [2.24, 2.45) is 5.73 Å². The Labute approximate surface area is 203 Å². The van der Waals surface area contributed by atoms with E-state index < -0.39 is 60.4 Å². The number of terminal acetylenes is 1. The molecule has 1 aromatic rings. The number of aromatic hydroxyl groups is 1. The van der Waals surface area contributed by atoms with Crippen LogP contribution in [-0.4, -0.2) is 65.1 Å². The first-order valence-electron chi connectivity index (χ1n) is 10.4. The third-order valence-corrected chi connectivity index (χ3v) is 4.48. The molecule has 0 fully saturated rings. The van der Waals surface area contributed by atoms with Gasteiger partial charge in [-0.15, -0.1) is 0 Å². The van der Waals surface area contributed by atoms with Crippen molar-refractivity contribution in [2.75, 3.05) is 13.7 Å². The summed E-state index contributed by atoms with van der Waals surface area (Å²) in [7, 11) is 1.12. The third-order valence-electron chi connectivity index (χ3n) is 4.48. The van der Waals surface area contributed by atoms with E-state index in [0.717, 1.165) is 7.11 Å². The molecule has 0 aliphatic rings. The molecule has 1 aromatic carbocycles. The van der Waals surface area contributed by atoms with Gasteiger partial charge in [0.2, 0.25) is 11.8 Å². The summed E-state index contributed by atoms with van der Waals surface area (Å²) in [5.41, 5.74) is 4.63. The van der Waals surface area contributed by atoms with E-state index in [9.17, 15) is 29.1 Å². The number of carbonyl (C=O) groups is 5. The van der Waals surface area contributed by atoms with Crippen LogP contribution in [0.25, 0.3) is 0 Å². The molecule has 0 saturated heterocycles. The zero-order valence-corrected chi connectivity index (χ0v) is 20.2. The molecule has 2 atom stereocenters. The number of benzene rings is 1. The number of nitrogens with one attached hydrogen (secondary N) is 2. The van der Waals surface area contributed by atoms with Crippen LogP contribution in [-0.2, 0) is 28.7 Å². The van der Waals surface area contributed by atoms with Crippen LogP contribution < -0.4 is 16.4 Å². The van der Waals surface area contributed by atoms with Gasteiger partial charge in [0, 0.05) is 11.6 Å². The number of alkyl carbamates (subject to hydrolysis) is 1. The van der Waals surface area contributed by atoms with Gasteiger partial charge in [-0.3, -0.25) is 24.1 Å². The molecule has 12 nitrogen and oxygen atoms in total. The Bertz CT molecular complexity index is 1030. The highest BCUT2D eigenvalue weighted by Gasteiger charge is 2.38. The molecule has 4 amide bonds. The molecule has 0 radical (unpaired) electrons. The van der Waals surface area contributed by atoms with E-state index in [2.05, 4.69) is 21.4 Å². The van der Waals surface area contributed by atoms with E-state index in [-0.39, 0.29) is 11.3 Å². The summed E-state index contributed by atoms with van der Waals surface area (Å²) in [5, 5.41) is 15.1. The molecule has 12 heteroatoms. The number of methoxy groups -OCH3 is 1. The van der Waals surface area contributed by atoms with Gasteiger partial charge in [0.1, 0.15) is 23.9 Å². The molecular formula is C23H30N4O8. The van der Waals surface area contributed by atoms with E-state index in [1.807, 2.05) is 0 Å². The molecule has 0 heterocycles. The van der Waals surface area contributed by atoms with Crippen LogP contribution >= 0.6 is 0 Å². The number of phenolic OH excluding ortho intramolecular Hbond substituents is 1. The summed E-state index contributed by atoms with van der Waals surface area (Å²) in [6.07, 6.45) is 3.87. The van der Waals surface area contributed by atoms with Crippen LogP contribution in [0.4, 0.5) is 4.79 Å². The molecule has 0 aromatic heterocycles. The molecule has 190 valence electrons. The summed E-state index contributed by atoms with van der Waals surface area (Å²) >= 11 is 0. The Balaban J connectivity index is 3.46. The van der Waals surface area contributed by atoms with Gasteiger partial charge >= 0.3 is 12.1 Å². The minimum atomic E-state index is -1.65. The lowest BCUT2D eigenvalue weighted by atomic mass is 9.99. The average Bonchev–Trinajstić information content (AvgIpc) is 2.75. The smallest absolute Gasteiger partial charge is 0.408 e. The molecule has 1 rings (SSSR count). The largest absolute Gasteiger partial charge is 0.507 e. The van der Waals surface area contributed by atoms with E-state index in [1.165, 1.54) is 12.1 Å². The number of nitrogens with two attached hydrogens (primary N) is 1. The average molecular weight is 491 g/mol. The lowest BCUT2D eigenvalue weighted by Gasteiger charge is -2.30. The van der Waals surface area contributed by atoms with Crippen LogP contribution in [0.15, 0.2) is 18.2 Å². The molecule has 0 spiro atoms. The Morgan fingerprint density at radius 1 is 1.23 bits per heavy atom. The fraction of sp³-hybridized carbons (Fsp3) is 0.435. The zero-order chi connectivity index (χ0) is 26.9. The van der Waals surface area contributed by atoms with Crippen LogP contribution in [0.2, 0.25) is 0 Å². The maximum atomic E-state index is 13.4. The second-order valence-electron chi connectivity index (χ2n) is 8.42.